The van der Waals surface area contributed by atoms with Gasteiger partial charge in [-0.2, -0.15) is 0 Å². The fourth-order valence-electron chi connectivity index (χ4n) is 3.42. The van der Waals surface area contributed by atoms with Gasteiger partial charge in [0, 0.05) is 6.04 Å². The summed E-state index contributed by atoms with van der Waals surface area (Å²) < 4.78 is 13.2. The molecule has 0 bridgehead atoms. The number of rotatable bonds is 2. The molecule has 0 aromatic heterocycles. The van der Waals surface area contributed by atoms with E-state index in [1.54, 1.807) is 6.07 Å². The topological polar surface area (TPSA) is 26.0 Å². The van der Waals surface area contributed by atoms with E-state index in [2.05, 4.69) is 13.8 Å². The Hall–Kier alpha value is -0.890. The second-order valence-corrected chi connectivity index (χ2v) is 6.37. The molecule has 2 heteroatoms. The largest absolute Gasteiger partial charge is 0.324 e. The van der Waals surface area contributed by atoms with E-state index in [0.717, 1.165) is 11.1 Å². The quantitative estimate of drug-likeness (QED) is 0.828. The molecule has 0 spiro atoms. The third-order valence-corrected chi connectivity index (χ3v) is 4.61. The normalized spacial score (nSPS) is 24.8. The SMILES string of the molecule is Cc1cc(F)ccc1C(N)C1CCCCC1(C)C. The molecule has 0 heterocycles. The lowest BCUT2D eigenvalue weighted by Crippen LogP contribution is -2.36. The molecule has 1 nitrogen and oxygen atoms in total. The first-order valence-electron chi connectivity index (χ1n) is 6.93. The highest BCUT2D eigenvalue weighted by atomic mass is 19.1. The van der Waals surface area contributed by atoms with Gasteiger partial charge < -0.3 is 5.73 Å². The molecule has 1 aliphatic rings. The van der Waals surface area contributed by atoms with Gasteiger partial charge in [-0.15, -0.1) is 0 Å². The van der Waals surface area contributed by atoms with E-state index < -0.39 is 0 Å². The average molecular weight is 249 g/mol. The van der Waals surface area contributed by atoms with E-state index >= 15 is 0 Å². The van der Waals surface area contributed by atoms with Gasteiger partial charge in [0.2, 0.25) is 0 Å². The molecule has 100 valence electrons. The molecule has 1 fully saturated rings. The predicted molar refractivity (Wildman–Crippen MR) is 73.8 cm³/mol. The van der Waals surface area contributed by atoms with Crippen LogP contribution >= 0.6 is 0 Å². The second-order valence-electron chi connectivity index (χ2n) is 6.37. The maximum atomic E-state index is 13.2. The van der Waals surface area contributed by atoms with Crippen molar-refractivity contribution in [3.05, 3.63) is 35.1 Å². The molecule has 2 rings (SSSR count). The molecule has 1 aliphatic carbocycles. The van der Waals surface area contributed by atoms with Gasteiger partial charge in [0.25, 0.3) is 0 Å². The van der Waals surface area contributed by atoms with Crippen LogP contribution in [-0.2, 0) is 0 Å². The summed E-state index contributed by atoms with van der Waals surface area (Å²) in [6.07, 6.45) is 5.00. The standard InChI is InChI=1S/C16H24FN/c1-11-10-12(17)7-8-13(11)15(18)14-6-4-5-9-16(14,2)3/h7-8,10,14-15H,4-6,9,18H2,1-3H3. The zero-order valence-electron chi connectivity index (χ0n) is 11.7. The van der Waals surface area contributed by atoms with Crippen LogP contribution in [0.4, 0.5) is 4.39 Å². The fraction of sp³-hybridized carbons (Fsp3) is 0.625. The smallest absolute Gasteiger partial charge is 0.123 e. The lowest BCUT2D eigenvalue weighted by molar-refractivity contribution is 0.112. The molecule has 2 unspecified atom stereocenters. The number of benzene rings is 1. The Balaban J connectivity index is 2.27. The number of hydrogen-bond acceptors (Lipinski definition) is 1. The van der Waals surface area contributed by atoms with Crippen molar-refractivity contribution in [2.75, 3.05) is 0 Å². The first-order chi connectivity index (χ1) is 8.42. The highest BCUT2D eigenvalue weighted by Gasteiger charge is 2.36. The van der Waals surface area contributed by atoms with Crippen LogP contribution in [0.5, 0.6) is 0 Å². The lowest BCUT2D eigenvalue weighted by atomic mass is 9.65. The van der Waals surface area contributed by atoms with Crippen molar-refractivity contribution < 1.29 is 4.39 Å². The summed E-state index contributed by atoms with van der Waals surface area (Å²) in [5.41, 5.74) is 8.85. The van der Waals surface area contributed by atoms with Crippen LogP contribution < -0.4 is 5.73 Å². The Bertz CT molecular complexity index is 425. The first kappa shape index (κ1) is 13.5. The monoisotopic (exact) mass is 249 g/mol. The molecule has 0 saturated heterocycles. The fourth-order valence-corrected chi connectivity index (χ4v) is 3.42. The molecule has 2 N–H and O–H groups in total. The van der Waals surface area contributed by atoms with Crippen LogP contribution in [0.25, 0.3) is 0 Å². The van der Waals surface area contributed by atoms with Crippen LogP contribution in [0.15, 0.2) is 18.2 Å². The Kier molecular flexibility index (Phi) is 3.76. The van der Waals surface area contributed by atoms with Crippen molar-refractivity contribution in [3.63, 3.8) is 0 Å². The number of nitrogens with two attached hydrogens (primary N) is 1. The molecule has 1 saturated carbocycles. The zero-order valence-corrected chi connectivity index (χ0v) is 11.7. The van der Waals surface area contributed by atoms with Gasteiger partial charge in [-0.3, -0.25) is 0 Å². The molecular weight excluding hydrogens is 225 g/mol. The number of hydrogen-bond donors (Lipinski definition) is 1. The van der Waals surface area contributed by atoms with Crippen LogP contribution in [-0.4, -0.2) is 0 Å². The van der Waals surface area contributed by atoms with Crippen molar-refractivity contribution in [2.24, 2.45) is 17.1 Å². The molecule has 0 amide bonds. The molecular formula is C16H24FN. The molecule has 2 atom stereocenters. The van der Waals surface area contributed by atoms with E-state index in [0.29, 0.717) is 11.3 Å². The highest BCUT2D eigenvalue weighted by molar-refractivity contribution is 5.30. The van der Waals surface area contributed by atoms with Gasteiger partial charge in [-0.05, 0) is 54.4 Å². The Morgan fingerprint density at radius 2 is 2.06 bits per heavy atom. The minimum Gasteiger partial charge on any atom is -0.324 e. The molecule has 1 aromatic carbocycles. The van der Waals surface area contributed by atoms with E-state index in [1.807, 2.05) is 13.0 Å². The minimum absolute atomic E-state index is 0.0286. The van der Waals surface area contributed by atoms with E-state index in [9.17, 15) is 4.39 Å². The van der Waals surface area contributed by atoms with Crippen LogP contribution in [0.3, 0.4) is 0 Å². The second kappa shape index (κ2) is 5.00. The highest BCUT2D eigenvalue weighted by Crippen LogP contribution is 2.46. The summed E-state index contributed by atoms with van der Waals surface area (Å²) in [6, 6.07) is 5.00. The third kappa shape index (κ3) is 2.59. The average Bonchev–Trinajstić information content (AvgIpc) is 2.27. The summed E-state index contributed by atoms with van der Waals surface area (Å²) in [4.78, 5) is 0. The number of aryl methyl sites for hydroxylation is 1. The van der Waals surface area contributed by atoms with Gasteiger partial charge in [0.15, 0.2) is 0 Å². The summed E-state index contributed by atoms with van der Waals surface area (Å²) in [5, 5.41) is 0. The molecule has 1 aromatic rings. The summed E-state index contributed by atoms with van der Waals surface area (Å²) in [5.74, 6) is 0.321. The predicted octanol–water partition coefficient (Wildman–Crippen LogP) is 4.35. The maximum Gasteiger partial charge on any atom is 0.123 e. The Morgan fingerprint density at radius 3 is 2.67 bits per heavy atom. The van der Waals surface area contributed by atoms with Crippen molar-refractivity contribution in [1.82, 2.24) is 0 Å². The van der Waals surface area contributed by atoms with Crippen molar-refractivity contribution in [3.8, 4) is 0 Å². The van der Waals surface area contributed by atoms with Crippen molar-refractivity contribution in [1.29, 1.82) is 0 Å². The summed E-state index contributed by atoms with van der Waals surface area (Å²) in [6.45, 7) is 6.58. The lowest BCUT2D eigenvalue weighted by Gasteiger charge is -2.42. The maximum absolute atomic E-state index is 13.2. The van der Waals surface area contributed by atoms with Gasteiger partial charge in [0.05, 0.1) is 0 Å². The Labute approximate surface area is 110 Å². The first-order valence-corrected chi connectivity index (χ1v) is 6.93. The van der Waals surface area contributed by atoms with Gasteiger partial charge in [0.1, 0.15) is 5.82 Å². The van der Waals surface area contributed by atoms with Gasteiger partial charge >= 0.3 is 0 Å². The minimum atomic E-state index is -0.175. The van der Waals surface area contributed by atoms with E-state index in [-0.39, 0.29) is 11.9 Å². The Morgan fingerprint density at radius 1 is 1.33 bits per heavy atom. The molecule has 0 radical (unpaired) electrons. The van der Waals surface area contributed by atoms with E-state index in [4.69, 9.17) is 5.73 Å². The van der Waals surface area contributed by atoms with Gasteiger partial charge in [-0.1, -0.05) is 32.8 Å². The van der Waals surface area contributed by atoms with E-state index in [1.165, 1.54) is 31.7 Å². The molecule has 18 heavy (non-hydrogen) atoms. The van der Waals surface area contributed by atoms with Crippen LogP contribution in [0, 0.1) is 24.1 Å². The zero-order chi connectivity index (χ0) is 13.3. The van der Waals surface area contributed by atoms with Crippen molar-refractivity contribution >= 4 is 0 Å². The van der Waals surface area contributed by atoms with Crippen LogP contribution in [0.2, 0.25) is 0 Å². The van der Waals surface area contributed by atoms with Gasteiger partial charge in [-0.25, -0.2) is 4.39 Å². The summed E-state index contributed by atoms with van der Waals surface area (Å²) >= 11 is 0. The summed E-state index contributed by atoms with van der Waals surface area (Å²) in [7, 11) is 0. The molecule has 0 aliphatic heterocycles. The van der Waals surface area contributed by atoms with Crippen LogP contribution in [0.1, 0.15) is 56.7 Å². The third-order valence-electron chi connectivity index (χ3n) is 4.61. The van der Waals surface area contributed by atoms with Crippen molar-refractivity contribution in [2.45, 2.75) is 52.5 Å². The number of halogens is 1.